The van der Waals surface area contributed by atoms with E-state index in [1.807, 2.05) is 0 Å². The van der Waals surface area contributed by atoms with Crippen LogP contribution in [0.25, 0.3) is 0 Å². The van der Waals surface area contributed by atoms with Gasteiger partial charge in [0.05, 0.1) is 5.92 Å². The molecular weight excluding hydrogens is 534 g/mol. The van der Waals surface area contributed by atoms with Crippen LogP contribution in [0.1, 0.15) is 213 Å². The highest BCUT2D eigenvalue weighted by atomic mass is 16.4. The number of amides is 1. The average molecular weight is 608 g/mol. The number of nitrogens with one attached hydrogen (secondary N) is 1. The maximum atomic E-state index is 12.9. The van der Waals surface area contributed by atoms with Crippen LogP contribution < -0.4 is 5.32 Å². The molecule has 1 atom stereocenters. The number of aliphatic carboxylic acids is 1. The van der Waals surface area contributed by atoms with Gasteiger partial charge in [0.2, 0.25) is 5.91 Å². The van der Waals surface area contributed by atoms with Crippen molar-refractivity contribution in [2.75, 3.05) is 6.54 Å². The van der Waals surface area contributed by atoms with Gasteiger partial charge in [0.15, 0.2) is 0 Å². The fourth-order valence-electron chi connectivity index (χ4n) is 6.11. The van der Waals surface area contributed by atoms with Gasteiger partial charge in [0.25, 0.3) is 0 Å². The van der Waals surface area contributed by atoms with Gasteiger partial charge in [-0.1, -0.05) is 194 Å². The number of carbonyl (C=O) groups excluding carboxylic acids is 2. The molecule has 0 bridgehead atoms. The van der Waals surface area contributed by atoms with Crippen LogP contribution >= 0.6 is 0 Å². The Hall–Kier alpha value is -1.39. The molecule has 0 aromatic heterocycles. The van der Waals surface area contributed by atoms with Gasteiger partial charge in [-0.3, -0.25) is 14.4 Å². The van der Waals surface area contributed by atoms with Crippen LogP contribution in [-0.4, -0.2) is 29.3 Å². The molecular formula is C38H73NO4. The molecule has 0 aliphatic rings. The Bertz CT molecular complexity index is 635. The smallest absolute Gasteiger partial charge is 0.322 e. The molecule has 0 aliphatic heterocycles. The van der Waals surface area contributed by atoms with Crippen LogP contribution in [0.2, 0.25) is 0 Å². The molecule has 0 saturated heterocycles. The third-order valence-corrected chi connectivity index (χ3v) is 8.99. The average Bonchev–Trinajstić information content (AvgIpc) is 2.99. The molecule has 254 valence electrons. The topological polar surface area (TPSA) is 83.5 Å². The maximum absolute atomic E-state index is 12.9. The summed E-state index contributed by atoms with van der Waals surface area (Å²) in [7, 11) is 0. The molecule has 2 N–H and O–H groups in total. The standard InChI is InChI=1S/C38H73NO4/c1-3-5-7-9-11-13-15-17-19-21-23-25-27-29-31-33-36(40)35(38(43)39-34-37(41)42)32-30-28-26-24-22-20-18-16-14-12-10-8-6-4-2/h35H,3-34H2,1-2H3,(H,39,43)(H,41,42). The van der Waals surface area contributed by atoms with E-state index in [-0.39, 0.29) is 5.78 Å². The lowest BCUT2D eigenvalue weighted by Crippen LogP contribution is -2.38. The molecule has 0 saturated carbocycles. The zero-order valence-electron chi connectivity index (χ0n) is 28.9. The van der Waals surface area contributed by atoms with Gasteiger partial charge in [-0.25, -0.2) is 0 Å². The van der Waals surface area contributed by atoms with Gasteiger partial charge in [0.1, 0.15) is 12.3 Å². The summed E-state index contributed by atoms with van der Waals surface area (Å²) in [5, 5.41) is 11.4. The lowest BCUT2D eigenvalue weighted by molar-refractivity contribution is -0.140. The zero-order chi connectivity index (χ0) is 31.6. The molecule has 0 aromatic carbocycles. The lowest BCUT2D eigenvalue weighted by Gasteiger charge is -2.15. The molecule has 5 heteroatoms. The predicted molar refractivity (Wildman–Crippen MR) is 184 cm³/mol. The number of hydrogen-bond acceptors (Lipinski definition) is 3. The van der Waals surface area contributed by atoms with Gasteiger partial charge in [-0.2, -0.15) is 0 Å². The lowest BCUT2D eigenvalue weighted by atomic mass is 9.92. The van der Waals surface area contributed by atoms with Crippen molar-refractivity contribution in [1.29, 1.82) is 0 Å². The van der Waals surface area contributed by atoms with E-state index in [2.05, 4.69) is 19.2 Å². The monoisotopic (exact) mass is 608 g/mol. The second kappa shape index (κ2) is 33.5. The van der Waals surface area contributed by atoms with Crippen LogP contribution in [-0.2, 0) is 14.4 Å². The molecule has 0 aromatic rings. The third kappa shape index (κ3) is 30.4. The number of carboxylic acid groups (broad SMARTS) is 1. The summed E-state index contributed by atoms with van der Waals surface area (Å²) in [5.41, 5.74) is 0. The highest BCUT2D eigenvalue weighted by Crippen LogP contribution is 2.19. The van der Waals surface area contributed by atoms with Crippen LogP contribution in [0, 0.1) is 5.92 Å². The Balaban J connectivity index is 3.93. The first-order valence-electron chi connectivity index (χ1n) is 19.0. The first-order valence-corrected chi connectivity index (χ1v) is 19.0. The quantitative estimate of drug-likeness (QED) is 0.0554. The second-order valence-electron chi connectivity index (χ2n) is 13.2. The van der Waals surface area contributed by atoms with Gasteiger partial charge in [-0.15, -0.1) is 0 Å². The summed E-state index contributed by atoms with van der Waals surface area (Å²) in [6, 6.07) is 0. The Labute approximate surface area is 267 Å². The number of carboxylic acids is 1. The van der Waals surface area contributed by atoms with E-state index in [1.54, 1.807) is 0 Å². The van der Waals surface area contributed by atoms with E-state index in [0.717, 1.165) is 38.5 Å². The van der Waals surface area contributed by atoms with Crippen LogP contribution in [0.4, 0.5) is 0 Å². The summed E-state index contributed by atoms with van der Waals surface area (Å²) >= 11 is 0. The molecule has 0 heterocycles. The first-order chi connectivity index (χ1) is 21.0. The van der Waals surface area contributed by atoms with Crippen LogP contribution in [0.15, 0.2) is 0 Å². The SMILES string of the molecule is CCCCCCCCCCCCCCCCCC(=O)C(CCCCCCCCCCCCCCCC)C(=O)NCC(=O)O. The largest absolute Gasteiger partial charge is 0.480 e. The Morgan fingerprint density at radius 3 is 1.09 bits per heavy atom. The summed E-state index contributed by atoms with van der Waals surface area (Å²) in [4.78, 5) is 36.5. The van der Waals surface area contributed by atoms with Crippen LogP contribution in [0.5, 0.6) is 0 Å². The highest BCUT2D eigenvalue weighted by Gasteiger charge is 2.25. The number of Topliss-reactive ketones (excluding diaryl/α,β-unsaturated/α-hetero) is 1. The van der Waals surface area contributed by atoms with Crippen molar-refractivity contribution in [3.05, 3.63) is 0 Å². The van der Waals surface area contributed by atoms with Gasteiger partial charge >= 0.3 is 5.97 Å². The van der Waals surface area contributed by atoms with Crippen molar-refractivity contribution >= 4 is 17.7 Å². The number of carbonyl (C=O) groups is 3. The van der Waals surface area contributed by atoms with Crippen molar-refractivity contribution in [2.45, 2.75) is 213 Å². The molecule has 0 rings (SSSR count). The minimum absolute atomic E-state index is 0.00715. The van der Waals surface area contributed by atoms with E-state index < -0.39 is 24.3 Å². The summed E-state index contributed by atoms with van der Waals surface area (Å²) in [5.74, 6) is -2.17. The maximum Gasteiger partial charge on any atom is 0.322 e. The molecule has 1 unspecified atom stereocenters. The van der Waals surface area contributed by atoms with E-state index >= 15 is 0 Å². The molecule has 1 amide bonds. The number of rotatable bonds is 35. The number of ketones is 1. The van der Waals surface area contributed by atoms with Gasteiger partial charge in [-0.05, 0) is 12.8 Å². The molecule has 5 nitrogen and oxygen atoms in total. The van der Waals surface area contributed by atoms with Gasteiger partial charge in [0, 0.05) is 6.42 Å². The molecule has 0 fully saturated rings. The third-order valence-electron chi connectivity index (χ3n) is 8.99. The Morgan fingerprint density at radius 2 is 0.767 bits per heavy atom. The molecule has 0 radical (unpaired) electrons. The first kappa shape index (κ1) is 41.6. The predicted octanol–water partition coefficient (Wildman–Crippen LogP) is 11.5. The van der Waals surface area contributed by atoms with Crippen LogP contribution in [0.3, 0.4) is 0 Å². The molecule has 0 spiro atoms. The number of hydrogen-bond donors (Lipinski definition) is 2. The van der Waals surface area contributed by atoms with Crippen molar-refractivity contribution in [1.82, 2.24) is 5.32 Å². The second-order valence-corrected chi connectivity index (χ2v) is 13.2. The minimum atomic E-state index is -1.07. The van der Waals surface area contributed by atoms with Crippen molar-refractivity contribution in [3.8, 4) is 0 Å². The Morgan fingerprint density at radius 1 is 0.465 bits per heavy atom. The van der Waals surface area contributed by atoms with Crippen molar-refractivity contribution in [2.24, 2.45) is 5.92 Å². The summed E-state index contributed by atoms with van der Waals surface area (Å²) < 4.78 is 0. The fourth-order valence-corrected chi connectivity index (χ4v) is 6.11. The van der Waals surface area contributed by atoms with Crippen molar-refractivity contribution in [3.63, 3.8) is 0 Å². The van der Waals surface area contributed by atoms with E-state index in [9.17, 15) is 14.4 Å². The van der Waals surface area contributed by atoms with E-state index in [1.165, 1.54) is 148 Å². The summed E-state index contributed by atoms with van der Waals surface area (Å²) in [6.07, 6.45) is 38.0. The van der Waals surface area contributed by atoms with Crippen molar-refractivity contribution < 1.29 is 19.5 Å². The van der Waals surface area contributed by atoms with E-state index in [0.29, 0.717) is 12.8 Å². The Kier molecular flexibility index (Phi) is 32.4. The van der Waals surface area contributed by atoms with E-state index in [4.69, 9.17) is 5.11 Å². The normalized spacial score (nSPS) is 12.0. The number of unbranched alkanes of at least 4 members (excludes halogenated alkanes) is 27. The minimum Gasteiger partial charge on any atom is -0.480 e. The van der Waals surface area contributed by atoms with Gasteiger partial charge < -0.3 is 10.4 Å². The fraction of sp³-hybridized carbons (Fsp3) is 0.921. The zero-order valence-corrected chi connectivity index (χ0v) is 28.9. The molecule has 43 heavy (non-hydrogen) atoms. The molecule has 0 aliphatic carbocycles. The summed E-state index contributed by atoms with van der Waals surface area (Å²) in [6.45, 7) is 4.12. The highest BCUT2D eigenvalue weighted by molar-refractivity contribution is 6.01.